The van der Waals surface area contributed by atoms with Crippen LogP contribution in [-0.4, -0.2) is 42.9 Å². The summed E-state index contributed by atoms with van der Waals surface area (Å²) in [6.07, 6.45) is 3.52. The van der Waals surface area contributed by atoms with E-state index in [4.69, 9.17) is 4.74 Å². The summed E-state index contributed by atoms with van der Waals surface area (Å²) in [7, 11) is 1.73. The highest BCUT2D eigenvalue weighted by molar-refractivity contribution is 8.01. The Balaban J connectivity index is 1.97. The van der Waals surface area contributed by atoms with E-state index < -0.39 is 0 Å². The Hall–Kier alpha value is -1.50. The molecule has 0 radical (unpaired) electrons. The van der Waals surface area contributed by atoms with Crippen molar-refractivity contribution in [3.63, 3.8) is 0 Å². The van der Waals surface area contributed by atoms with E-state index in [1.807, 2.05) is 25.1 Å². The molecular weight excluding hydrogens is 326 g/mol. The zero-order valence-corrected chi connectivity index (χ0v) is 15.2. The van der Waals surface area contributed by atoms with Gasteiger partial charge in [-0.3, -0.25) is 9.98 Å². The molecule has 2 unspecified atom stereocenters. The third-order valence-electron chi connectivity index (χ3n) is 3.26. The first kappa shape index (κ1) is 17.8. The number of methoxy groups -OCH3 is 1. The van der Waals surface area contributed by atoms with Crippen LogP contribution >= 0.6 is 23.1 Å². The highest BCUT2D eigenvalue weighted by Gasteiger charge is 2.19. The second kappa shape index (κ2) is 8.96. The molecule has 0 bridgehead atoms. The van der Waals surface area contributed by atoms with Crippen LogP contribution in [0.15, 0.2) is 50.4 Å². The van der Waals surface area contributed by atoms with E-state index >= 15 is 0 Å². The molecule has 6 heteroatoms. The SMILES string of the molecule is C=N/C=C(/C)C=NCC(OC)C(C)Sc1nc2ccccc2s1. The summed E-state index contributed by atoms with van der Waals surface area (Å²) in [5.41, 5.74) is 2.03. The largest absolute Gasteiger partial charge is 0.378 e. The Bertz CT molecular complexity index is 676. The molecular formula is C17H21N3OS2. The van der Waals surface area contributed by atoms with Crippen LogP contribution in [0.4, 0.5) is 0 Å². The Morgan fingerprint density at radius 1 is 1.48 bits per heavy atom. The molecule has 0 fully saturated rings. The molecule has 0 N–H and O–H groups in total. The van der Waals surface area contributed by atoms with Gasteiger partial charge in [-0.15, -0.1) is 11.3 Å². The minimum atomic E-state index is 0.0350. The van der Waals surface area contributed by atoms with Gasteiger partial charge in [-0.1, -0.05) is 30.8 Å². The van der Waals surface area contributed by atoms with Gasteiger partial charge < -0.3 is 4.74 Å². The smallest absolute Gasteiger partial charge is 0.151 e. The molecule has 1 heterocycles. The molecule has 0 spiro atoms. The normalized spacial score (nSPS) is 15.2. The monoisotopic (exact) mass is 347 g/mol. The van der Waals surface area contributed by atoms with Crippen LogP contribution in [0.5, 0.6) is 0 Å². The number of hydrogen-bond acceptors (Lipinski definition) is 6. The fraction of sp³-hybridized carbons (Fsp3) is 0.353. The quantitative estimate of drug-likeness (QED) is 0.523. The van der Waals surface area contributed by atoms with Crippen LogP contribution < -0.4 is 0 Å². The number of thioether (sulfide) groups is 1. The predicted octanol–water partition coefficient (Wildman–Crippen LogP) is 4.47. The number of nitrogens with zero attached hydrogens (tertiary/aromatic N) is 3. The number of aromatic nitrogens is 1. The van der Waals surface area contributed by atoms with Crippen LogP contribution in [0, 0.1) is 0 Å². The van der Waals surface area contributed by atoms with E-state index in [9.17, 15) is 0 Å². The maximum atomic E-state index is 5.59. The van der Waals surface area contributed by atoms with Crippen LogP contribution in [-0.2, 0) is 4.74 Å². The standard InChI is InChI=1S/C17H21N3OS2/c1-12(9-18-3)10-19-11-15(21-4)13(2)22-17-20-14-7-5-6-8-16(14)23-17/h5-10,13,15H,3,11H2,1-2,4H3/b12-9-,19-10?. The molecule has 1 aromatic heterocycles. The van der Waals surface area contributed by atoms with Gasteiger partial charge in [-0.25, -0.2) is 4.98 Å². The minimum absolute atomic E-state index is 0.0350. The lowest BCUT2D eigenvalue weighted by molar-refractivity contribution is 0.111. The van der Waals surface area contributed by atoms with Crippen molar-refractivity contribution in [1.82, 2.24) is 4.98 Å². The zero-order valence-electron chi connectivity index (χ0n) is 13.6. The summed E-state index contributed by atoms with van der Waals surface area (Å²) in [5, 5.41) is 0.263. The van der Waals surface area contributed by atoms with E-state index in [1.165, 1.54) is 4.70 Å². The molecule has 0 saturated heterocycles. The number of para-hydroxylation sites is 1. The van der Waals surface area contributed by atoms with Crippen molar-refractivity contribution < 1.29 is 4.74 Å². The lowest BCUT2D eigenvalue weighted by atomic mass is 10.2. The maximum absolute atomic E-state index is 5.59. The van der Waals surface area contributed by atoms with Gasteiger partial charge in [0.05, 0.1) is 22.9 Å². The number of hydrogen-bond donors (Lipinski definition) is 0. The summed E-state index contributed by atoms with van der Waals surface area (Å²) in [5.74, 6) is 0. The molecule has 2 rings (SSSR count). The van der Waals surface area contributed by atoms with Crippen molar-refractivity contribution >= 4 is 46.2 Å². The first-order valence-electron chi connectivity index (χ1n) is 7.31. The molecule has 23 heavy (non-hydrogen) atoms. The van der Waals surface area contributed by atoms with E-state index in [0.29, 0.717) is 6.54 Å². The average Bonchev–Trinajstić information content (AvgIpc) is 2.93. The summed E-state index contributed by atoms with van der Waals surface area (Å²) in [4.78, 5) is 12.8. The van der Waals surface area contributed by atoms with Crippen molar-refractivity contribution in [2.45, 2.75) is 29.5 Å². The van der Waals surface area contributed by atoms with E-state index in [-0.39, 0.29) is 11.4 Å². The lowest BCUT2D eigenvalue weighted by Crippen LogP contribution is -2.26. The van der Waals surface area contributed by atoms with Gasteiger partial charge in [0.1, 0.15) is 0 Å². The average molecular weight is 348 g/mol. The van der Waals surface area contributed by atoms with E-state index in [2.05, 4.69) is 34.7 Å². The van der Waals surface area contributed by atoms with Crippen LogP contribution in [0.3, 0.4) is 0 Å². The Kier molecular flexibility index (Phi) is 6.95. The molecule has 0 aliphatic rings. The number of fused-ring (bicyclic) bond motifs is 1. The lowest BCUT2D eigenvalue weighted by Gasteiger charge is -2.19. The fourth-order valence-electron chi connectivity index (χ4n) is 2.03. The van der Waals surface area contributed by atoms with E-state index in [1.54, 1.807) is 42.6 Å². The second-order valence-corrected chi connectivity index (χ2v) is 7.75. The first-order valence-corrected chi connectivity index (χ1v) is 9.01. The topological polar surface area (TPSA) is 46.8 Å². The third kappa shape index (κ3) is 5.27. The number of thiazole rings is 1. The van der Waals surface area contributed by atoms with Crippen molar-refractivity contribution in [3.05, 3.63) is 36.0 Å². The Morgan fingerprint density at radius 2 is 2.26 bits per heavy atom. The van der Waals surface area contributed by atoms with Gasteiger partial charge in [0.25, 0.3) is 0 Å². The summed E-state index contributed by atoms with van der Waals surface area (Å²) in [6.45, 7) is 8.13. The van der Waals surface area contributed by atoms with Crippen LogP contribution in [0.1, 0.15) is 13.8 Å². The molecule has 0 amide bonds. The van der Waals surface area contributed by atoms with Crippen LogP contribution in [0.2, 0.25) is 0 Å². The van der Waals surface area contributed by atoms with Gasteiger partial charge in [0.2, 0.25) is 0 Å². The molecule has 2 aromatic rings. The van der Waals surface area contributed by atoms with Gasteiger partial charge in [-0.05, 0) is 31.3 Å². The maximum Gasteiger partial charge on any atom is 0.151 e. The number of ether oxygens (including phenoxy) is 1. The summed E-state index contributed by atoms with van der Waals surface area (Å²) in [6, 6.07) is 8.20. The van der Waals surface area contributed by atoms with Crippen molar-refractivity contribution in [1.29, 1.82) is 0 Å². The van der Waals surface area contributed by atoms with E-state index in [0.717, 1.165) is 15.4 Å². The molecule has 1 aromatic carbocycles. The molecule has 0 saturated carbocycles. The third-order valence-corrected chi connectivity index (χ3v) is 5.60. The van der Waals surface area contributed by atoms with Gasteiger partial charge in [0.15, 0.2) is 4.34 Å². The summed E-state index contributed by atoms with van der Waals surface area (Å²) < 4.78 is 7.87. The van der Waals surface area contributed by atoms with Gasteiger partial charge in [0, 0.05) is 24.8 Å². The molecule has 0 aliphatic carbocycles. The zero-order chi connectivity index (χ0) is 16.7. The van der Waals surface area contributed by atoms with Crippen molar-refractivity contribution in [2.75, 3.05) is 13.7 Å². The van der Waals surface area contributed by atoms with Crippen molar-refractivity contribution in [2.24, 2.45) is 9.98 Å². The second-order valence-electron chi connectivity index (χ2n) is 5.09. The number of aliphatic imine (C=N–C) groups is 2. The minimum Gasteiger partial charge on any atom is -0.378 e. The molecule has 122 valence electrons. The van der Waals surface area contributed by atoms with Crippen molar-refractivity contribution in [3.8, 4) is 0 Å². The Labute approximate surface area is 145 Å². The molecule has 2 atom stereocenters. The first-order chi connectivity index (χ1) is 11.1. The number of benzene rings is 1. The van der Waals surface area contributed by atoms with Gasteiger partial charge in [-0.2, -0.15) is 0 Å². The number of allylic oxidation sites excluding steroid dienone is 1. The molecule has 0 aliphatic heterocycles. The predicted molar refractivity (Wildman–Crippen MR) is 102 cm³/mol. The summed E-state index contributed by atoms with van der Waals surface area (Å²) >= 11 is 3.45. The van der Waals surface area contributed by atoms with Crippen LogP contribution in [0.25, 0.3) is 10.2 Å². The fourth-order valence-corrected chi connectivity index (χ4v) is 4.46. The molecule has 4 nitrogen and oxygen atoms in total. The highest BCUT2D eigenvalue weighted by atomic mass is 32.2. The Morgan fingerprint density at radius 3 is 2.96 bits per heavy atom. The number of rotatable bonds is 8. The highest BCUT2D eigenvalue weighted by Crippen LogP contribution is 2.33. The van der Waals surface area contributed by atoms with Gasteiger partial charge >= 0.3 is 0 Å².